The van der Waals surface area contributed by atoms with Gasteiger partial charge in [0.15, 0.2) is 0 Å². The Morgan fingerprint density at radius 2 is 1.92 bits per heavy atom. The maximum absolute atomic E-state index is 12.9. The largest absolute Gasteiger partial charge is 0.390 e. The molecule has 0 spiro atoms. The molecular weight excluding hydrogens is 336 g/mol. The van der Waals surface area contributed by atoms with Gasteiger partial charge in [-0.2, -0.15) is 0 Å². The molecule has 0 atom stereocenters. The number of alkyl halides is 2. The Morgan fingerprint density at radius 1 is 1.27 bits per heavy atom. The van der Waals surface area contributed by atoms with Crippen molar-refractivity contribution in [1.29, 1.82) is 0 Å². The number of rotatable bonds is 4. The molecule has 1 saturated heterocycles. The number of carbonyl (C=O) groups is 1. The highest BCUT2D eigenvalue weighted by Crippen LogP contribution is 2.38. The molecule has 5 heteroatoms. The van der Waals surface area contributed by atoms with Crippen molar-refractivity contribution in [3.8, 4) is 0 Å². The van der Waals surface area contributed by atoms with Crippen molar-refractivity contribution in [3.63, 3.8) is 0 Å². The lowest BCUT2D eigenvalue weighted by molar-refractivity contribution is -0.150. The number of amides is 1. The summed E-state index contributed by atoms with van der Waals surface area (Å²) in [5, 5.41) is 9.84. The minimum absolute atomic E-state index is 0.0164. The molecular formula is C21H29F2NO2. The van der Waals surface area contributed by atoms with Crippen LogP contribution >= 0.6 is 0 Å². The predicted octanol–water partition coefficient (Wildman–Crippen LogP) is 4.35. The van der Waals surface area contributed by atoms with Crippen LogP contribution in [0.15, 0.2) is 24.3 Å². The van der Waals surface area contributed by atoms with Crippen LogP contribution in [0.25, 0.3) is 0 Å². The first-order chi connectivity index (χ1) is 12.3. The van der Waals surface area contributed by atoms with Gasteiger partial charge in [0.05, 0.1) is 5.60 Å². The second-order valence-electron chi connectivity index (χ2n) is 8.33. The molecule has 3 rings (SSSR count). The summed E-state index contributed by atoms with van der Waals surface area (Å²) in [6, 6.07) is 6.76. The SMILES string of the molecule is CC1(O)CC(C(=O)N2CCCC(Cc3cccc(C(F)F)c3)CCC2)C1. The van der Waals surface area contributed by atoms with Gasteiger partial charge in [-0.25, -0.2) is 8.78 Å². The van der Waals surface area contributed by atoms with E-state index in [4.69, 9.17) is 0 Å². The van der Waals surface area contributed by atoms with Gasteiger partial charge in [-0.15, -0.1) is 0 Å². The van der Waals surface area contributed by atoms with Gasteiger partial charge >= 0.3 is 0 Å². The summed E-state index contributed by atoms with van der Waals surface area (Å²) in [6.07, 6.45) is 3.51. The fraction of sp³-hybridized carbons (Fsp3) is 0.667. The minimum atomic E-state index is -2.42. The molecule has 2 fully saturated rings. The maximum Gasteiger partial charge on any atom is 0.263 e. The fourth-order valence-electron chi connectivity index (χ4n) is 4.45. The van der Waals surface area contributed by atoms with E-state index in [0.717, 1.165) is 50.8 Å². The van der Waals surface area contributed by atoms with Crippen molar-refractivity contribution in [2.45, 2.75) is 63.9 Å². The van der Waals surface area contributed by atoms with E-state index in [0.29, 0.717) is 18.8 Å². The van der Waals surface area contributed by atoms with Gasteiger partial charge < -0.3 is 10.0 Å². The van der Waals surface area contributed by atoms with Gasteiger partial charge in [0.1, 0.15) is 0 Å². The van der Waals surface area contributed by atoms with Crippen molar-refractivity contribution in [2.75, 3.05) is 13.1 Å². The third-order valence-electron chi connectivity index (χ3n) is 5.84. The topological polar surface area (TPSA) is 40.5 Å². The van der Waals surface area contributed by atoms with Crippen molar-refractivity contribution >= 4 is 5.91 Å². The lowest BCUT2D eigenvalue weighted by Gasteiger charge is -2.42. The van der Waals surface area contributed by atoms with E-state index in [9.17, 15) is 18.7 Å². The average molecular weight is 365 g/mol. The zero-order valence-electron chi connectivity index (χ0n) is 15.5. The standard InChI is InChI=1S/C21H29F2NO2/c1-21(26)13-18(14-21)20(25)24-9-3-6-15(7-4-10-24)11-16-5-2-8-17(12-16)19(22)23/h2,5,8,12,15,18-19,26H,3-4,6-7,9-11,13-14H2,1H3. The van der Waals surface area contributed by atoms with E-state index in [1.807, 2.05) is 11.0 Å². The second kappa shape index (κ2) is 8.03. The molecule has 1 aromatic rings. The Kier molecular flexibility index (Phi) is 5.96. The van der Waals surface area contributed by atoms with Gasteiger partial charge in [-0.1, -0.05) is 24.3 Å². The molecule has 1 aliphatic carbocycles. The van der Waals surface area contributed by atoms with E-state index >= 15 is 0 Å². The Hall–Kier alpha value is -1.49. The quantitative estimate of drug-likeness (QED) is 0.862. The molecule has 26 heavy (non-hydrogen) atoms. The van der Waals surface area contributed by atoms with Crippen molar-refractivity contribution < 1.29 is 18.7 Å². The number of aliphatic hydroxyl groups is 1. The summed E-state index contributed by atoms with van der Waals surface area (Å²) in [7, 11) is 0. The molecule has 0 radical (unpaired) electrons. The minimum Gasteiger partial charge on any atom is -0.390 e. The van der Waals surface area contributed by atoms with E-state index in [1.54, 1.807) is 19.1 Å². The summed E-state index contributed by atoms with van der Waals surface area (Å²) < 4.78 is 25.7. The highest BCUT2D eigenvalue weighted by molar-refractivity contribution is 5.80. The molecule has 1 aromatic carbocycles. The molecule has 0 aromatic heterocycles. The lowest BCUT2D eigenvalue weighted by Crippen LogP contribution is -2.50. The number of hydrogen-bond acceptors (Lipinski definition) is 2. The molecule has 144 valence electrons. The lowest BCUT2D eigenvalue weighted by atomic mass is 9.71. The molecule has 1 aliphatic heterocycles. The Balaban J connectivity index is 1.49. The molecule has 1 saturated carbocycles. The molecule has 3 nitrogen and oxygen atoms in total. The van der Waals surface area contributed by atoms with Crippen LogP contribution in [0.3, 0.4) is 0 Å². The van der Waals surface area contributed by atoms with Crippen LogP contribution in [0.2, 0.25) is 0 Å². The van der Waals surface area contributed by atoms with Gasteiger partial charge in [0.2, 0.25) is 5.91 Å². The van der Waals surface area contributed by atoms with Gasteiger partial charge in [-0.05, 0) is 63.4 Å². The molecule has 0 unspecified atom stereocenters. The number of carbonyl (C=O) groups excluding carboxylic acids is 1. The van der Waals surface area contributed by atoms with E-state index in [1.165, 1.54) is 6.07 Å². The molecule has 2 aliphatic rings. The molecule has 1 amide bonds. The van der Waals surface area contributed by atoms with Crippen molar-refractivity contribution in [2.24, 2.45) is 11.8 Å². The number of nitrogens with zero attached hydrogens (tertiary/aromatic N) is 1. The zero-order chi connectivity index (χ0) is 18.7. The van der Waals surface area contributed by atoms with Crippen LogP contribution in [0.4, 0.5) is 8.78 Å². The first kappa shape index (κ1) is 19.3. The first-order valence-electron chi connectivity index (χ1n) is 9.72. The van der Waals surface area contributed by atoms with Crippen LogP contribution in [0, 0.1) is 11.8 Å². The van der Waals surface area contributed by atoms with Crippen LogP contribution in [-0.2, 0) is 11.2 Å². The van der Waals surface area contributed by atoms with Gasteiger partial charge in [0.25, 0.3) is 6.43 Å². The van der Waals surface area contributed by atoms with Crippen LogP contribution in [-0.4, -0.2) is 34.6 Å². The molecule has 1 N–H and O–H groups in total. The smallest absolute Gasteiger partial charge is 0.263 e. The van der Waals surface area contributed by atoms with Crippen LogP contribution in [0.5, 0.6) is 0 Å². The number of likely N-dealkylation sites (tertiary alicyclic amines) is 1. The average Bonchev–Trinajstić information content (AvgIpc) is 2.54. The van der Waals surface area contributed by atoms with Crippen molar-refractivity contribution in [1.82, 2.24) is 4.90 Å². The summed E-state index contributed by atoms with van der Waals surface area (Å²) in [5.41, 5.74) is 0.417. The monoisotopic (exact) mass is 365 g/mol. The Labute approximate surface area is 154 Å². The highest BCUT2D eigenvalue weighted by atomic mass is 19.3. The predicted molar refractivity (Wildman–Crippen MR) is 97.0 cm³/mol. The van der Waals surface area contributed by atoms with Gasteiger partial charge in [0, 0.05) is 24.6 Å². The summed E-state index contributed by atoms with van der Waals surface area (Å²) in [4.78, 5) is 14.5. The van der Waals surface area contributed by atoms with Gasteiger partial charge in [-0.3, -0.25) is 4.79 Å². The van der Waals surface area contributed by atoms with E-state index in [-0.39, 0.29) is 17.4 Å². The zero-order valence-corrected chi connectivity index (χ0v) is 15.5. The fourth-order valence-corrected chi connectivity index (χ4v) is 4.45. The first-order valence-corrected chi connectivity index (χ1v) is 9.72. The van der Waals surface area contributed by atoms with E-state index < -0.39 is 12.0 Å². The normalized spacial score (nSPS) is 27.7. The third kappa shape index (κ3) is 4.81. The summed E-state index contributed by atoms with van der Waals surface area (Å²) in [5.74, 6) is 0.668. The van der Waals surface area contributed by atoms with Crippen LogP contribution < -0.4 is 0 Å². The molecule has 1 heterocycles. The van der Waals surface area contributed by atoms with Crippen LogP contribution in [0.1, 0.15) is 63.0 Å². The van der Waals surface area contributed by atoms with E-state index in [2.05, 4.69) is 0 Å². The number of halogens is 2. The maximum atomic E-state index is 12.9. The Bertz CT molecular complexity index is 614. The number of hydrogen-bond donors (Lipinski definition) is 1. The summed E-state index contributed by atoms with van der Waals surface area (Å²) in [6.45, 7) is 3.33. The highest BCUT2D eigenvalue weighted by Gasteiger charge is 2.43. The van der Waals surface area contributed by atoms with Crippen molar-refractivity contribution in [3.05, 3.63) is 35.4 Å². The molecule has 0 bridgehead atoms. The summed E-state index contributed by atoms with van der Waals surface area (Å²) >= 11 is 0. The number of benzene rings is 1. The second-order valence-corrected chi connectivity index (χ2v) is 8.33. The Morgan fingerprint density at radius 3 is 2.50 bits per heavy atom. The third-order valence-corrected chi connectivity index (χ3v) is 5.84.